The SMILES string of the molecule is CNCCCNC(=O)C1CCCN(C(=O)c2ccc(Br)cc2C)C1. The summed E-state index contributed by atoms with van der Waals surface area (Å²) in [5, 5.41) is 6.04. The number of rotatable bonds is 6. The van der Waals surface area contributed by atoms with Crippen LogP contribution in [0.3, 0.4) is 0 Å². The molecule has 1 atom stereocenters. The fourth-order valence-corrected chi connectivity index (χ4v) is 3.51. The minimum absolute atomic E-state index is 0.0210. The summed E-state index contributed by atoms with van der Waals surface area (Å²) < 4.78 is 0.967. The number of hydrogen-bond donors (Lipinski definition) is 2. The molecule has 24 heavy (non-hydrogen) atoms. The smallest absolute Gasteiger partial charge is 0.254 e. The normalized spacial score (nSPS) is 17.6. The molecule has 6 heteroatoms. The van der Waals surface area contributed by atoms with Crippen LogP contribution in [-0.4, -0.2) is 49.9 Å². The van der Waals surface area contributed by atoms with E-state index in [2.05, 4.69) is 26.6 Å². The molecule has 1 aromatic rings. The van der Waals surface area contributed by atoms with Gasteiger partial charge in [0.15, 0.2) is 0 Å². The average molecular weight is 396 g/mol. The van der Waals surface area contributed by atoms with Crippen molar-refractivity contribution in [3.63, 3.8) is 0 Å². The fraction of sp³-hybridized carbons (Fsp3) is 0.556. The van der Waals surface area contributed by atoms with Crippen molar-refractivity contribution in [2.24, 2.45) is 5.92 Å². The van der Waals surface area contributed by atoms with Gasteiger partial charge in [0.2, 0.25) is 5.91 Å². The van der Waals surface area contributed by atoms with Gasteiger partial charge in [0, 0.05) is 29.7 Å². The summed E-state index contributed by atoms with van der Waals surface area (Å²) in [5.41, 5.74) is 1.67. The zero-order valence-corrected chi connectivity index (χ0v) is 16.0. The molecule has 0 aliphatic carbocycles. The maximum absolute atomic E-state index is 12.8. The second-order valence-electron chi connectivity index (χ2n) is 6.30. The number of aryl methyl sites for hydroxylation is 1. The quantitative estimate of drug-likeness (QED) is 0.726. The summed E-state index contributed by atoms with van der Waals surface area (Å²) in [6.07, 6.45) is 2.63. The van der Waals surface area contributed by atoms with Crippen LogP contribution in [0.15, 0.2) is 22.7 Å². The Morgan fingerprint density at radius 2 is 2.12 bits per heavy atom. The van der Waals surface area contributed by atoms with Gasteiger partial charge in [-0.25, -0.2) is 0 Å². The summed E-state index contributed by atoms with van der Waals surface area (Å²) in [5.74, 6) is -0.0168. The van der Waals surface area contributed by atoms with Crippen LogP contribution in [0.4, 0.5) is 0 Å². The highest BCUT2D eigenvalue weighted by molar-refractivity contribution is 9.10. The van der Waals surface area contributed by atoms with E-state index in [1.165, 1.54) is 0 Å². The molecule has 1 heterocycles. The molecule has 0 radical (unpaired) electrons. The third-order valence-corrected chi connectivity index (χ3v) is 4.89. The predicted molar refractivity (Wildman–Crippen MR) is 99.1 cm³/mol. The Morgan fingerprint density at radius 1 is 1.33 bits per heavy atom. The lowest BCUT2D eigenvalue weighted by molar-refractivity contribution is -0.126. The first-order valence-electron chi connectivity index (χ1n) is 8.50. The maximum atomic E-state index is 12.8. The third kappa shape index (κ3) is 5.05. The Morgan fingerprint density at radius 3 is 2.83 bits per heavy atom. The molecular weight excluding hydrogens is 370 g/mol. The van der Waals surface area contributed by atoms with E-state index in [1.54, 1.807) is 0 Å². The maximum Gasteiger partial charge on any atom is 0.254 e. The van der Waals surface area contributed by atoms with E-state index in [4.69, 9.17) is 0 Å². The van der Waals surface area contributed by atoms with Gasteiger partial charge < -0.3 is 15.5 Å². The molecule has 0 saturated carbocycles. The number of benzene rings is 1. The largest absolute Gasteiger partial charge is 0.356 e. The molecule has 1 aromatic carbocycles. The van der Waals surface area contributed by atoms with Crippen LogP contribution in [0.1, 0.15) is 35.2 Å². The van der Waals surface area contributed by atoms with E-state index in [-0.39, 0.29) is 17.7 Å². The molecular formula is C18H26BrN3O2. The molecule has 0 bridgehead atoms. The monoisotopic (exact) mass is 395 g/mol. The number of hydrogen-bond acceptors (Lipinski definition) is 3. The second kappa shape index (κ2) is 9.18. The van der Waals surface area contributed by atoms with Crippen molar-refractivity contribution in [3.8, 4) is 0 Å². The molecule has 2 amide bonds. The first-order valence-corrected chi connectivity index (χ1v) is 9.30. The second-order valence-corrected chi connectivity index (χ2v) is 7.21. The van der Waals surface area contributed by atoms with E-state index in [9.17, 15) is 9.59 Å². The molecule has 132 valence electrons. The van der Waals surface area contributed by atoms with Gasteiger partial charge in [0.05, 0.1) is 5.92 Å². The number of likely N-dealkylation sites (tertiary alicyclic amines) is 1. The number of carbonyl (C=O) groups excluding carboxylic acids is 2. The van der Waals surface area contributed by atoms with Gasteiger partial charge in [-0.15, -0.1) is 0 Å². The van der Waals surface area contributed by atoms with Crippen LogP contribution < -0.4 is 10.6 Å². The van der Waals surface area contributed by atoms with Crippen LogP contribution in [0.5, 0.6) is 0 Å². The number of nitrogens with one attached hydrogen (secondary N) is 2. The molecule has 1 unspecified atom stereocenters. The van der Waals surface area contributed by atoms with Gasteiger partial charge in [-0.3, -0.25) is 9.59 Å². The molecule has 0 spiro atoms. The number of carbonyl (C=O) groups is 2. The van der Waals surface area contributed by atoms with E-state index in [1.807, 2.05) is 37.1 Å². The Hall–Kier alpha value is -1.40. The number of amides is 2. The highest BCUT2D eigenvalue weighted by Crippen LogP contribution is 2.22. The Labute approximate surface area is 152 Å². The Balaban J connectivity index is 1.94. The summed E-state index contributed by atoms with van der Waals surface area (Å²) >= 11 is 3.42. The topological polar surface area (TPSA) is 61.4 Å². The number of halogens is 1. The van der Waals surface area contributed by atoms with Crippen LogP contribution in [-0.2, 0) is 4.79 Å². The van der Waals surface area contributed by atoms with Crippen LogP contribution in [0.25, 0.3) is 0 Å². The van der Waals surface area contributed by atoms with Crippen molar-refractivity contribution in [1.29, 1.82) is 0 Å². The number of nitrogens with zero attached hydrogens (tertiary/aromatic N) is 1. The van der Waals surface area contributed by atoms with Gasteiger partial charge >= 0.3 is 0 Å². The summed E-state index contributed by atoms with van der Waals surface area (Å²) in [6.45, 7) is 4.73. The van der Waals surface area contributed by atoms with Crippen molar-refractivity contribution in [1.82, 2.24) is 15.5 Å². The highest BCUT2D eigenvalue weighted by atomic mass is 79.9. The van der Waals surface area contributed by atoms with Crippen molar-refractivity contribution in [3.05, 3.63) is 33.8 Å². The fourth-order valence-electron chi connectivity index (χ4n) is 3.03. The first-order chi connectivity index (χ1) is 11.5. The molecule has 2 N–H and O–H groups in total. The average Bonchev–Trinajstić information content (AvgIpc) is 2.58. The minimum atomic E-state index is -0.104. The molecule has 2 rings (SSSR count). The minimum Gasteiger partial charge on any atom is -0.356 e. The molecule has 1 aliphatic heterocycles. The zero-order valence-electron chi connectivity index (χ0n) is 14.4. The lowest BCUT2D eigenvalue weighted by Gasteiger charge is -2.32. The van der Waals surface area contributed by atoms with Crippen molar-refractivity contribution in [2.75, 3.05) is 33.2 Å². The van der Waals surface area contributed by atoms with Crippen molar-refractivity contribution >= 4 is 27.7 Å². The van der Waals surface area contributed by atoms with Crippen molar-refractivity contribution in [2.45, 2.75) is 26.2 Å². The van der Waals surface area contributed by atoms with E-state index in [0.29, 0.717) is 18.7 Å². The number of piperidine rings is 1. The summed E-state index contributed by atoms with van der Waals surface area (Å²) in [6, 6.07) is 5.68. The van der Waals surface area contributed by atoms with Gasteiger partial charge in [0.1, 0.15) is 0 Å². The van der Waals surface area contributed by atoms with Gasteiger partial charge in [-0.1, -0.05) is 15.9 Å². The van der Waals surface area contributed by atoms with Crippen LogP contribution in [0, 0.1) is 12.8 Å². The molecule has 5 nitrogen and oxygen atoms in total. The lowest BCUT2D eigenvalue weighted by Crippen LogP contribution is -2.45. The van der Waals surface area contributed by atoms with E-state index >= 15 is 0 Å². The highest BCUT2D eigenvalue weighted by Gasteiger charge is 2.29. The molecule has 1 fully saturated rings. The van der Waals surface area contributed by atoms with Crippen LogP contribution in [0.2, 0.25) is 0 Å². The van der Waals surface area contributed by atoms with Crippen LogP contribution >= 0.6 is 15.9 Å². The van der Waals surface area contributed by atoms with E-state index in [0.717, 1.165) is 42.4 Å². The summed E-state index contributed by atoms with van der Waals surface area (Å²) in [7, 11) is 1.90. The van der Waals surface area contributed by atoms with Gasteiger partial charge in [-0.2, -0.15) is 0 Å². The van der Waals surface area contributed by atoms with E-state index < -0.39 is 0 Å². The molecule has 1 aliphatic rings. The zero-order chi connectivity index (χ0) is 17.5. The molecule has 1 saturated heterocycles. The Bertz CT molecular complexity index is 592. The van der Waals surface area contributed by atoms with Crippen molar-refractivity contribution < 1.29 is 9.59 Å². The summed E-state index contributed by atoms with van der Waals surface area (Å²) in [4.78, 5) is 26.9. The predicted octanol–water partition coefficient (Wildman–Crippen LogP) is 2.34. The van der Waals surface area contributed by atoms with Gasteiger partial charge in [-0.05, 0) is 63.5 Å². The Kier molecular flexibility index (Phi) is 7.24. The molecule has 0 aromatic heterocycles. The first kappa shape index (κ1) is 18.9. The third-order valence-electron chi connectivity index (χ3n) is 4.40. The van der Waals surface area contributed by atoms with Gasteiger partial charge in [0.25, 0.3) is 5.91 Å². The standard InChI is InChI=1S/C18H26BrN3O2/c1-13-11-15(19)6-7-16(13)18(24)22-10-3-5-14(12-22)17(23)21-9-4-8-20-2/h6-7,11,14,20H,3-5,8-10,12H2,1-2H3,(H,21,23). The lowest BCUT2D eigenvalue weighted by atomic mass is 9.96.